The van der Waals surface area contributed by atoms with Gasteiger partial charge in [0.25, 0.3) is 0 Å². The van der Waals surface area contributed by atoms with Crippen molar-refractivity contribution in [3.05, 3.63) is 12.4 Å². The molecule has 1 aromatic heterocycles. The number of carbonyl (C=O) groups is 1. The van der Waals surface area contributed by atoms with E-state index < -0.39 is 0 Å². The van der Waals surface area contributed by atoms with Gasteiger partial charge in [-0.05, 0) is 19.3 Å². The van der Waals surface area contributed by atoms with Crippen LogP contribution in [0.4, 0.5) is 0 Å². The summed E-state index contributed by atoms with van der Waals surface area (Å²) < 4.78 is 1.94. The van der Waals surface area contributed by atoms with E-state index in [1.54, 1.807) is 6.20 Å². The number of rotatable bonds is 2. The maximum atomic E-state index is 12.0. The van der Waals surface area contributed by atoms with E-state index in [1.165, 1.54) is 0 Å². The fraction of sp³-hybridized carbons (Fsp3) is 0.750. The molecule has 1 amide bonds. The second kappa shape index (κ2) is 4.68. The Labute approximate surface area is 107 Å². The predicted molar refractivity (Wildman–Crippen MR) is 65.9 cm³/mol. The lowest BCUT2D eigenvalue weighted by atomic mass is 10.0. The first-order valence-corrected chi connectivity index (χ1v) is 6.60. The molecule has 0 aliphatic carbocycles. The van der Waals surface area contributed by atoms with Crippen molar-refractivity contribution in [2.24, 2.45) is 0 Å². The predicted octanol–water partition coefficient (Wildman–Crippen LogP) is 0.146. The highest BCUT2D eigenvalue weighted by atomic mass is 16.2. The summed E-state index contributed by atoms with van der Waals surface area (Å²) in [4.78, 5) is 16.1. The van der Waals surface area contributed by atoms with Crippen LogP contribution < -0.4 is 0 Å². The van der Waals surface area contributed by atoms with E-state index >= 15 is 0 Å². The number of nitrogens with zero attached hydrogens (tertiary/aromatic N) is 5. The number of aromatic nitrogens is 3. The molecule has 2 saturated heterocycles. The molecule has 6 nitrogen and oxygen atoms in total. The first kappa shape index (κ1) is 11.6. The van der Waals surface area contributed by atoms with Gasteiger partial charge in [0, 0.05) is 32.9 Å². The second-order valence-corrected chi connectivity index (χ2v) is 5.21. The van der Waals surface area contributed by atoms with E-state index in [-0.39, 0.29) is 11.9 Å². The van der Waals surface area contributed by atoms with Crippen molar-refractivity contribution in [1.29, 1.82) is 0 Å². The highest BCUT2D eigenvalue weighted by molar-refractivity contribution is 5.83. The van der Waals surface area contributed by atoms with Crippen LogP contribution >= 0.6 is 0 Å². The Balaban J connectivity index is 1.59. The fourth-order valence-corrected chi connectivity index (χ4v) is 3.02. The van der Waals surface area contributed by atoms with E-state index in [1.807, 2.05) is 22.8 Å². The molecule has 0 aromatic carbocycles. The normalized spacial score (nSPS) is 27.1. The van der Waals surface area contributed by atoms with Crippen molar-refractivity contribution in [2.75, 3.05) is 26.7 Å². The van der Waals surface area contributed by atoms with E-state index in [9.17, 15) is 4.79 Å². The Kier molecular flexibility index (Phi) is 3.03. The molecule has 0 bridgehead atoms. The molecular formula is C12H19N5O. The number of piperidine rings is 1. The van der Waals surface area contributed by atoms with Gasteiger partial charge in [-0.3, -0.25) is 9.69 Å². The molecule has 0 N–H and O–H groups in total. The Morgan fingerprint density at radius 3 is 2.56 bits per heavy atom. The van der Waals surface area contributed by atoms with Crippen LogP contribution in [0.2, 0.25) is 0 Å². The van der Waals surface area contributed by atoms with Crippen LogP contribution in [-0.2, 0) is 4.79 Å². The standard InChI is InChI=1S/C12H19N5O/c1-15-6-4-11(12(15)18)16-7-2-10(3-8-16)17-9-5-13-14-17/h5,9-11H,2-4,6-8H2,1H3. The number of hydrogen-bond donors (Lipinski definition) is 0. The van der Waals surface area contributed by atoms with Crippen LogP contribution in [0.5, 0.6) is 0 Å². The van der Waals surface area contributed by atoms with E-state index in [4.69, 9.17) is 0 Å². The Bertz CT molecular complexity index is 410. The van der Waals surface area contributed by atoms with E-state index in [0.29, 0.717) is 6.04 Å². The number of likely N-dealkylation sites (tertiary alicyclic amines) is 2. The van der Waals surface area contributed by atoms with Crippen molar-refractivity contribution in [1.82, 2.24) is 24.8 Å². The van der Waals surface area contributed by atoms with Gasteiger partial charge in [-0.25, -0.2) is 4.68 Å². The Hall–Kier alpha value is -1.43. The molecule has 0 saturated carbocycles. The fourth-order valence-electron chi connectivity index (χ4n) is 3.02. The van der Waals surface area contributed by atoms with Gasteiger partial charge in [-0.2, -0.15) is 0 Å². The highest BCUT2D eigenvalue weighted by Crippen LogP contribution is 2.25. The van der Waals surface area contributed by atoms with E-state index in [0.717, 1.165) is 38.9 Å². The first-order valence-electron chi connectivity index (χ1n) is 6.60. The van der Waals surface area contributed by atoms with Crippen LogP contribution in [0.1, 0.15) is 25.3 Å². The van der Waals surface area contributed by atoms with Gasteiger partial charge in [0.15, 0.2) is 0 Å². The molecule has 18 heavy (non-hydrogen) atoms. The molecule has 0 radical (unpaired) electrons. The molecule has 1 unspecified atom stereocenters. The number of hydrogen-bond acceptors (Lipinski definition) is 4. The summed E-state index contributed by atoms with van der Waals surface area (Å²) in [5, 5.41) is 7.92. The summed E-state index contributed by atoms with van der Waals surface area (Å²) in [7, 11) is 1.89. The SMILES string of the molecule is CN1CCC(N2CCC(n3ccnn3)CC2)C1=O. The van der Waals surface area contributed by atoms with Crippen LogP contribution in [0.25, 0.3) is 0 Å². The summed E-state index contributed by atoms with van der Waals surface area (Å²) in [6.45, 7) is 2.86. The smallest absolute Gasteiger partial charge is 0.239 e. The molecule has 98 valence electrons. The van der Waals surface area contributed by atoms with Crippen molar-refractivity contribution in [3.63, 3.8) is 0 Å². The second-order valence-electron chi connectivity index (χ2n) is 5.21. The maximum Gasteiger partial charge on any atom is 0.239 e. The zero-order valence-corrected chi connectivity index (χ0v) is 10.7. The van der Waals surface area contributed by atoms with Gasteiger partial charge in [0.2, 0.25) is 5.91 Å². The average Bonchev–Trinajstić information content (AvgIpc) is 3.02. The van der Waals surface area contributed by atoms with E-state index in [2.05, 4.69) is 15.2 Å². The van der Waals surface area contributed by atoms with Gasteiger partial charge in [-0.15, -0.1) is 5.10 Å². The van der Waals surface area contributed by atoms with Crippen LogP contribution in [0.3, 0.4) is 0 Å². The van der Waals surface area contributed by atoms with Gasteiger partial charge in [0.1, 0.15) is 0 Å². The summed E-state index contributed by atoms with van der Waals surface area (Å²) in [6, 6.07) is 0.560. The van der Waals surface area contributed by atoms with Crippen LogP contribution in [0, 0.1) is 0 Å². The van der Waals surface area contributed by atoms with Gasteiger partial charge < -0.3 is 4.90 Å². The van der Waals surface area contributed by atoms with Gasteiger partial charge >= 0.3 is 0 Å². The lowest BCUT2D eigenvalue weighted by Crippen LogP contribution is -2.45. The Morgan fingerprint density at radius 2 is 2.00 bits per heavy atom. The lowest BCUT2D eigenvalue weighted by molar-refractivity contribution is -0.131. The molecule has 6 heteroatoms. The molecule has 2 fully saturated rings. The minimum atomic E-state index is 0.117. The molecule has 0 spiro atoms. The monoisotopic (exact) mass is 249 g/mol. The molecular weight excluding hydrogens is 230 g/mol. The zero-order valence-electron chi connectivity index (χ0n) is 10.7. The molecule has 1 atom stereocenters. The molecule has 2 aliphatic rings. The average molecular weight is 249 g/mol. The van der Waals surface area contributed by atoms with Crippen molar-refractivity contribution < 1.29 is 4.79 Å². The third-order valence-electron chi connectivity index (χ3n) is 4.15. The minimum Gasteiger partial charge on any atom is -0.344 e. The third kappa shape index (κ3) is 2.01. The van der Waals surface area contributed by atoms with Crippen LogP contribution in [0.15, 0.2) is 12.4 Å². The summed E-state index contributed by atoms with van der Waals surface area (Å²) in [5.41, 5.74) is 0. The number of amides is 1. The molecule has 3 rings (SSSR count). The topological polar surface area (TPSA) is 54.3 Å². The van der Waals surface area contributed by atoms with Crippen LogP contribution in [-0.4, -0.2) is 63.4 Å². The van der Waals surface area contributed by atoms with Gasteiger partial charge in [-0.1, -0.05) is 5.21 Å². The third-order valence-corrected chi connectivity index (χ3v) is 4.15. The first-order chi connectivity index (χ1) is 8.75. The van der Waals surface area contributed by atoms with Gasteiger partial charge in [0.05, 0.1) is 18.3 Å². The van der Waals surface area contributed by atoms with Crippen molar-refractivity contribution in [2.45, 2.75) is 31.3 Å². The number of likely N-dealkylation sites (N-methyl/N-ethyl adjacent to an activating group) is 1. The Morgan fingerprint density at radius 1 is 1.22 bits per heavy atom. The van der Waals surface area contributed by atoms with Crippen molar-refractivity contribution in [3.8, 4) is 0 Å². The zero-order chi connectivity index (χ0) is 12.5. The molecule has 2 aliphatic heterocycles. The lowest BCUT2D eigenvalue weighted by Gasteiger charge is -2.34. The quantitative estimate of drug-likeness (QED) is 0.748. The largest absolute Gasteiger partial charge is 0.344 e. The minimum absolute atomic E-state index is 0.117. The molecule has 3 heterocycles. The summed E-state index contributed by atoms with van der Waals surface area (Å²) in [6.07, 6.45) is 6.73. The summed E-state index contributed by atoms with van der Waals surface area (Å²) >= 11 is 0. The maximum absolute atomic E-state index is 12.0. The van der Waals surface area contributed by atoms with Crippen molar-refractivity contribution >= 4 is 5.91 Å². The molecule has 1 aromatic rings. The summed E-state index contributed by atoms with van der Waals surface area (Å²) in [5.74, 6) is 0.286. The highest BCUT2D eigenvalue weighted by Gasteiger charge is 2.35. The number of carbonyl (C=O) groups excluding carboxylic acids is 1.